The van der Waals surface area contributed by atoms with Crippen molar-refractivity contribution < 1.29 is 18.0 Å². The van der Waals surface area contributed by atoms with Crippen LogP contribution < -0.4 is 9.62 Å². The molecule has 0 aliphatic rings. The molecule has 2 rings (SSSR count). The first-order valence-corrected chi connectivity index (χ1v) is 13.5. The summed E-state index contributed by atoms with van der Waals surface area (Å²) in [5.41, 5.74) is 1.17. The molecule has 10 heteroatoms. The fraction of sp³-hybridized carbons (Fsp3) is 0.364. The molecule has 0 saturated carbocycles. The van der Waals surface area contributed by atoms with E-state index in [0.29, 0.717) is 16.7 Å². The lowest BCUT2D eigenvalue weighted by molar-refractivity contribution is -0.139. The number of benzene rings is 2. The first kappa shape index (κ1) is 26.3. The van der Waals surface area contributed by atoms with E-state index in [1.165, 1.54) is 4.90 Å². The Kier molecular flexibility index (Phi) is 9.72. The summed E-state index contributed by atoms with van der Waals surface area (Å²) in [4.78, 5) is 27.5. The van der Waals surface area contributed by atoms with Crippen LogP contribution in [0.3, 0.4) is 0 Å². The summed E-state index contributed by atoms with van der Waals surface area (Å²) in [6.07, 6.45) is 1.82. The molecule has 2 amide bonds. The van der Waals surface area contributed by atoms with Gasteiger partial charge < -0.3 is 10.2 Å². The highest BCUT2D eigenvalue weighted by molar-refractivity contribution is 9.10. The van der Waals surface area contributed by atoms with Gasteiger partial charge in [0.25, 0.3) is 0 Å². The van der Waals surface area contributed by atoms with Gasteiger partial charge in [0, 0.05) is 22.0 Å². The molecule has 0 spiro atoms. The smallest absolute Gasteiger partial charge is 0.244 e. The zero-order chi connectivity index (χ0) is 23.9. The zero-order valence-electron chi connectivity index (χ0n) is 18.2. The van der Waals surface area contributed by atoms with Crippen LogP contribution in [-0.4, -0.2) is 50.5 Å². The number of para-hydroxylation sites is 1. The van der Waals surface area contributed by atoms with Crippen molar-refractivity contribution in [1.29, 1.82) is 0 Å². The van der Waals surface area contributed by atoms with Gasteiger partial charge in [0.1, 0.15) is 12.6 Å². The van der Waals surface area contributed by atoms with E-state index in [2.05, 4.69) is 37.2 Å². The average molecular weight is 589 g/mol. The van der Waals surface area contributed by atoms with Crippen LogP contribution in [0.25, 0.3) is 0 Å². The molecule has 1 atom stereocenters. The van der Waals surface area contributed by atoms with E-state index in [0.717, 1.165) is 27.0 Å². The van der Waals surface area contributed by atoms with Crippen molar-refractivity contribution in [3.05, 3.63) is 63.0 Å². The van der Waals surface area contributed by atoms with Crippen LogP contribution >= 0.6 is 31.9 Å². The van der Waals surface area contributed by atoms with Crippen molar-refractivity contribution in [3.8, 4) is 0 Å². The van der Waals surface area contributed by atoms with E-state index in [9.17, 15) is 18.0 Å². The Hall–Kier alpha value is -1.91. The lowest BCUT2D eigenvalue weighted by Crippen LogP contribution is -2.51. The van der Waals surface area contributed by atoms with Gasteiger partial charge in [-0.25, -0.2) is 8.42 Å². The predicted octanol–water partition coefficient (Wildman–Crippen LogP) is 3.92. The second kappa shape index (κ2) is 11.8. The first-order chi connectivity index (χ1) is 15.0. The minimum Gasteiger partial charge on any atom is -0.354 e. The van der Waals surface area contributed by atoms with Gasteiger partial charge in [0.2, 0.25) is 21.8 Å². The van der Waals surface area contributed by atoms with Gasteiger partial charge in [0.05, 0.1) is 11.9 Å². The molecule has 0 radical (unpaired) electrons. The van der Waals surface area contributed by atoms with Crippen molar-refractivity contribution in [3.63, 3.8) is 0 Å². The number of hydrogen-bond donors (Lipinski definition) is 1. The Balaban J connectivity index is 2.38. The third-order valence-corrected chi connectivity index (χ3v) is 7.05. The van der Waals surface area contributed by atoms with Crippen molar-refractivity contribution in [1.82, 2.24) is 10.2 Å². The summed E-state index contributed by atoms with van der Waals surface area (Å²) in [6, 6.07) is 13.4. The molecular weight excluding hydrogens is 562 g/mol. The van der Waals surface area contributed by atoms with Gasteiger partial charge >= 0.3 is 0 Å². The minimum atomic E-state index is -3.76. The Labute approximate surface area is 206 Å². The van der Waals surface area contributed by atoms with E-state index in [1.54, 1.807) is 31.2 Å². The maximum atomic E-state index is 13.4. The highest BCUT2D eigenvalue weighted by atomic mass is 79.9. The van der Waals surface area contributed by atoms with Crippen LogP contribution in [0.4, 0.5) is 5.69 Å². The van der Waals surface area contributed by atoms with Crippen LogP contribution in [-0.2, 0) is 26.2 Å². The standard InChI is InChI=1S/C22H27Br2N3O4S/c1-4-12-25-22(29)16(2)26(14-17-8-7-9-18(23)13-17)21(28)15-27(32(3,30)31)20-11-6-5-10-19(20)24/h5-11,13,16H,4,12,14-15H2,1-3H3,(H,25,29)/t16-/m1/s1. The third-order valence-electron chi connectivity index (χ3n) is 4.76. The summed E-state index contributed by atoms with van der Waals surface area (Å²) in [5, 5.41) is 2.81. The van der Waals surface area contributed by atoms with Crippen molar-refractivity contribution in [2.24, 2.45) is 0 Å². The SMILES string of the molecule is CCCNC(=O)[C@@H](C)N(Cc1cccc(Br)c1)C(=O)CN(c1ccccc1Br)S(C)(=O)=O. The number of rotatable bonds is 10. The van der Waals surface area contributed by atoms with Crippen LogP contribution in [0.2, 0.25) is 0 Å². The molecule has 2 aromatic carbocycles. The first-order valence-electron chi connectivity index (χ1n) is 10.1. The Bertz CT molecular complexity index is 1060. The monoisotopic (exact) mass is 587 g/mol. The maximum absolute atomic E-state index is 13.4. The summed E-state index contributed by atoms with van der Waals surface area (Å²) < 4.78 is 27.5. The van der Waals surface area contributed by atoms with Gasteiger partial charge in [-0.05, 0) is 59.1 Å². The molecule has 0 fully saturated rings. The highest BCUT2D eigenvalue weighted by Gasteiger charge is 2.30. The topological polar surface area (TPSA) is 86.8 Å². The maximum Gasteiger partial charge on any atom is 0.244 e. The van der Waals surface area contributed by atoms with Crippen LogP contribution in [0.5, 0.6) is 0 Å². The fourth-order valence-corrected chi connectivity index (χ4v) is 4.98. The van der Waals surface area contributed by atoms with Crippen molar-refractivity contribution in [2.75, 3.05) is 23.7 Å². The number of carbonyl (C=O) groups is 2. The molecule has 0 saturated heterocycles. The molecule has 0 heterocycles. The highest BCUT2D eigenvalue weighted by Crippen LogP contribution is 2.28. The Morgan fingerprint density at radius 1 is 1.09 bits per heavy atom. The van der Waals surface area contributed by atoms with E-state index in [1.807, 2.05) is 31.2 Å². The van der Waals surface area contributed by atoms with Crippen LogP contribution in [0.1, 0.15) is 25.8 Å². The normalized spacial score (nSPS) is 12.2. The van der Waals surface area contributed by atoms with E-state index in [4.69, 9.17) is 0 Å². The molecule has 32 heavy (non-hydrogen) atoms. The van der Waals surface area contributed by atoms with Gasteiger partial charge in [-0.3, -0.25) is 13.9 Å². The molecule has 0 aromatic heterocycles. The molecule has 0 bridgehead atoms. The van der Waals surface area contributed by atoms with E-state index in [-0.39, 0.29) is 12.5 Å². The summed E-state index contributed by atoms with van der Waals surface area (Å²) in [5.74, 6) is -0.771. The molecular formula is C22H27Br2N3O4S. The lowest BCUT2D eigenvalue weighted by Gasteiger charge is -2.31. The minimum absolute atomic E-state index is 0.159. The molecule has 1 N–H and O–H groups in total. The van der Waals surface area contributed by atoms with Crippen molar-refractivity contribution >= 4 is 59.4 Å². The second-order valence-electron chi connectivity index (χ2n) is 7.34. The number of nitrogens with zero attached hydrogens (tertiary/aromatic N) is 2. The number of halogens is 2. The number of sulfonamides is 1. The molecule has 2 aromatic rings. The van der Waals surface area contributed by atoms with Gasteiger partial charge in [-0.1, -0.05) is 47.1 Å². The van der Waals surface area contributed by atoms with Gasteiger partial charge in [0.15, 0.2) is 0 Å². The number of anilines is 1. The number of amides is 2. The van der Waals surface area contributed by atoms with Gasteiger partial charge in [-0.15, -0.1) is 0 Å². The largest absolute Gasteiger partial charge is 0.354 e. The third kappa shape index (κ3) is 7.31. The van der Waals surface area contributed by atoms with Crippen LogP contribution in [0, 0.1) is 0 Å². The van der Waals surface area contributed by atoms with Crippen LogP contribution in [0.15, 0.2) is 57.5 Å². The second-order valence-corrected chi connectivity index (χ2v) is 11.0. The fourth-order valence-electron chi connectivity index (χ4n) is 3.06. The number of hydrogen-bond acceptors (Lipinski definition) is 4. The summed E-state index contributed by atoms with van der Waals surface area (Å²) >= 11 is 6.78. The predicted molar refractivity (Wildman–Crippen MR) is 134 cm³/mol. The zero-order valence-corrected chi connectivity index (χ0v) is 22.2. The van der Waals surface area contributed by atoms with E-state index < -0.39 is 28.5 Å². The molecule has 0 unspecified atom stereocenters. The number of nitrogens with one attached hydrogen (secondary N) is 1. The number of carbonyl (C=O) groups excluding carboxylic acids is 2. The Morgan fingerprint density at radius 3 is 2.38 bits per heavy atom. The molecule has 0 aliphatic heterocycles. The quantitative estimate of drug-likeness (QED) is 0.456. The van der Waals surface area contributed by atoms with E-state index >= 15 is 0 Å². The van der Waals surface area contributed by atoms with Gasteiger partial charge in [-0.2, -0.15) is 0 Å². The Morgan fingerprint density at radius 2 is 1.78 bits per heavy atom. The summed E-state index contributed by atoms with van der Waals surface area (Å²) in [6.45, 7) is 3.81. The lowest BCUT2D eigenvalue weighted by atomic mass is 10.1. The average Bonchev–Trinajstić information content (AvgIpc) is 2.73. The molecule has 0 aliphatic carbocycles. The van der Waals surface area contributed by atoms with Crippen molar-refractivity contribution in [2.45, 2.75) is 32.9 Å². The molecule has 174 valence electrons. The molecule has 7 nitrogen and oxygen atoms in total. The summed E-state index contributed by atoms with van der Waals surface area (Å²) in [7, 11) is -3.76.